The van der Waals surface area contributed by atoms with Crippen LogP contribution in [0.5, 0.6) is 5.75 Å². The number of hydrogen-bond acceptors (Lipinski definition) is 6. The molecule has 1 unspecified atom stereocenters. The highest BCUT2D eigenvalue weighted by Crippen LogP contribution is 2.10. The Hall–Kier alpha value is -1.80. The van der Waals surface area contributed by atoms with E-state index in [-0.39, 0.29) is 13.2 Å². The second-order valence-electron chi connectivity index (χ2n) is 5.96. The molecule has 0 heterocycles. The minimum absolute atomic E-state index is 0.0405. The van der Waals surface area contributed by atoms with E-state index in [1.54, 1.807) is 45.0 Å². The number of nitrogens with one attached hydrogen (secondary N) is 1. The zero-order valence-corrected chi connectivity index (χ0v) is 14.6. The molecular formula is C15H23NO6S. The zero-order valence-electron chi connectivity index (χ0n) is 13.7. The molecule has 1 N–H and O–H groups in total. The molecular weight excluding hydrogens is 322 g/mol. The van der Waals surface area contributed by atoms with Gasteiger partial charge < -0.3 is 14.8 Å². The van der Waals surface area contributed by atoms with Crippen molar-refractivity contribution in [1.82, 2.24) is 5.32 Å². The van der Waals surface area contributed by atoms with E-state index in [1.807, 2.05) is 6.07 Å². The van der Waals surface area contributed by atoms with E-state index in [9.17, 15) is 13.2 Å². The number of hydrogen-bond donors (Lipinski definition) is 1. The molecule has 1 rings (SSSR count). The maximum absolute atomic E-state index is 11.8. The molecule has 0 aromatic heterocycles. The van der Waals surface area contributed by atoms with Gasteiger partial charge in [0.1, 0.15) is 18.0 Å². The van der Waals surface area contributed by atoms with Gasteiger partial charge in [-0.15, -0.1) is 0 Å². The number of carbonyl (C=O) groups excluding carboxylic acids is 1. The molecule has 1 amide bonds. The molecule has 0 fully saturated rings. The van der Waals surface area contributed by atoms with Crippen molar-refractivity contribution < 1.29 is 26.9 Å². The van der Waals surface area contributed by atoms with Gasteiger partial charge in [-0.3, -0.25) is 4.18 Å². The average Bonchev–Trinajstić information content (AvgIpc) is 2.40. The highest BCUT2D eigenvalue weighted by molar-refractivity contribution is 7.85. The summed E-state index contributed by atoms with van der Waals surface area (Å²) in [5.41, 5.74) is -0.660. The van der Waals surface area contributed by atoms with Crippen LogP contribution in [0.4, 0.5) is 4.79 Å². The van der Waals surface area contributed by atoms with Crippen molar-refractivity contribution in [3.05, 3.63) is 30.3 Å². The Morgan fingerprint density at radius 1 is 1.17 bits per heavy atom. The van der Waals surface area contributed by atoms with Gasteiger partial charge in [0.2, 0.25) is 0 Å². The van der Waals surface area contributed by atoms with Gasteiger partial charge in [-0.25, -0.2) is 4.79 Å². The topological polar surface area (TPSA) is 90.9 Å². The summed E-state index contributed by atoms with van der Waals surface area (Å²) in [5.74, 6) is 0.600. The van der Waals surface area contributed by atoms with Gasteiger partial charge in [0.15, 0.2) is 0 Å². The molecule has 0 aliphatic heterocycles. The van der Waals surface area contributed by atoms with Crippen molar-refractivity contribution in [2.75, 3.05) is 19.5 Å². The number of carbonyl (C=O) groups is 1. The van der Waals surface area contributed by atoms with Crippen molar-refractivity contribution in [2.45, 2.75) is 32.4 Å². The first-order valence-corrected chi connectivity index (χ1v) is 8.88. The third kappa shape index (κ3) is 9.75. The summed E-state index contributed by atoms with van der Waals surface area (Å²) in [5, 5.41) is 2.54. The van der Waals surface area contributed by atoms with Crippen LogP contribution in [-0.2, 0) is 19.0 Å². The summed E-state index contributed by atoms with van der Waals surface area (Å²) in [6.45, 7) is 4.99. The number of amides is 1. The van der Waals surface area contributed by atoms with E-state index in [1.165, 1.54) is 0 Å². The van der Waals surface area contributed by atoms with E-state index in [0.717, 1.165) is 6.26 Å². The lowest BCUT2D eigenvalue weighted by atomic mass is 10.2. The highest BCUT2D eigenvalue weighted by atomic mass is 32.2. The molecule has 0 aliphatic rings. The third-order valence-corrected chi connectivity index (χ3v) is 2.96. The molecule has 1 aromatic rings. The van der Waals surface area contributed by atoms with Crippen LogP contribution in [0, 0.1) is 0 Å². The standard InChI is InChI=1S/C15H23NO6S/c1-15(2,3)22-14(17)16-12(11-21-23(4,18)19)10-20-13-8-6-5-7-9-13/h5-9,12H,10-11H2,1-4H3,(H,16,17). The van der Waals surface area contributed by atoms with E-state index < -0.39 is 27.9 Å². The Bertz CT molecular complexity index is 594. The molecule has 23 heavy (non-hydrogen) atoms. The van der Waals surface area contributed by atoms with E-state index in [0.29, 0.717) is 5.75 Å². The monoisotopic (exact) mass is 345 g/mol. The van der Waals surface area contributed by atoms with Crippen molar-refractivity contribution >= 4 is 16.2 Å². The largest absolute Gasteiger partial charge is 0.491 e. The molecule has 0 radical (unpaired) electrons. The molecule has 0 saturated heterocycles. The smallest absolute Gasteiger partial charge is 0.408 e. The number of rotatable bonds is 7. The second-order valence-corrected chi connectivity index (χ2v) is 7.60. The number of ether oxygens (including phenoxy) is 2. The van der Waals surface area contributed by atoms with Gasteiger partial charge in [-0.05, 0) is 32.9 Å². The Morgan fingerprint density at radius 2 is 1.78 bits per heavy atom. The fourth-order valence-corrected chi connectivity index (χ4v) is 1.94. The Kier molecular flexibility index (Phi) is 6.83. The predicted molar refractivity (Wildman–Crippen MR) is 85.9 cm³/mol. The predicted octanol–water partition coefficient (Wildman–Crippen LogP) is 1.93. The Balaban J connectivity index is 2.62. The van der Waals surface area contributed by atoms with Gasteiger partial charge >= 0.3 is 6.09 Å². The lowest BCUT2D eigenvalue weighted by Crippen LogP contribution is -2.45. The summed E-state index contributed by atoms with van der Waals surface area (Å²) in [7, 11) is -3.62. The minimum atomic E-state index is -3.62. The van der Waals surface area contributed by atoms with Gasteiger partial charge in [0, 0.05) is 0 Å². The maximum Gasteiger partial charge on any atom is 0.408 e. The molecule has 0 bridgehead atoms. The minimum Gasteiger partial charge on any atom is -0.491 e. The van der Waals surface area contributed by atoms with E-state index in [2.05, 4.69) is 5.32 Å². The lowest BCUT2D eigenvalue weighted by molar-refractivity contribution is 0.0466. The van der Waals surface area contributed by atoms with Crippen molar-refractivity contribution in [3.63, 3.8) is 0 Å². The fourth-order valence-electron chi connectivity index (χ4n) is 1.52. The van der Waals surface area contributed by atoms with Gasteiger partial charge in [-0.1, -0.05) is 18.2 Å². The molecule has 7 nitrogen and oxygen atoms in total. The fraction of sp³-hybridized carbons (Fsp3) is 0.533. The van der Waals surface area contributed by atoms with Gasteiger partial charge in [0.25, 0.3) is 10.1 Å². The van der Waals surface area contributed by atoms with Crippen LogP contribution in [0.2, 0.25) is 0 Å². The zero-order chi connectivity index (χ0) is 17.5. The summed E-state index contributed by atoms with van der Waals surface area (Å²) in [4.78, 5) is 11.8. The average molecular weight is 345 g/mol. The van der Waals surface area contributed by atoms with Gasteiger partial charge in [0.05, 0.1) is 18.9 Å². The first-order chi connectivity index (χ1) is 10.6. The van der Waals surface area contributed by atoms with Crippen LogP contribution in [0.15, 0.2) is 30.3 Å². The third-order valence-electron chi connectivity index (χ3n) is 2.40. The second kappa shape index (κ2) is 8.16. The molecule has 0 saturated carbocycles. The molecule has 130 valence electrons. The van der Waals surface area contributed by atoms with Crippen LogP contribution in [0.3, 0.4) is 0 Å². The summed E-state index contributed by atoms with van der Waals surface area (Å²) < 4.78 is 37.6. The Morgan fingerprint density at radius 3 is 2.30 bits per heavy atom. The van der Waals surface area contributed by atoms with Crippen LogP contribution >= 0.6 is 0 Å². The summed E-state index contributed by atoms with van der Waals surface area (Å²) in [6, 6.07) is 8.27. The lowest BCUT2D eigenvalue weighted by Gasteiger charge is -2.23. The van der Waals surface area contributed by atoms with E-state index >= 15 is 0 Å². The van der Waals surface area contributed by atoms with E-state index in [4.69, 9.17) is 13.7 Å². The van der Waals surface area contributed by atoms with Crippen LogP contribution in [0.1, 0.15) is 20.8 Å². The Labute approximate surface area is 137 Å². The van der Waals surface area contributed by atoms with Crippen LogP contribution in [0.25, 0.3) is 0 Å². The van der Waals surface area contributed by atoms with Gasteiger partial charge in [-0.2, -0.15) is 8.42 Å². The van der Waals surface area contributed by atoms with Crippen LogP contribution in [-0.4, -0.2) is 45.6 Å². The van der Waals surface area contributed by atoms with Crippen LogP contribution < -0.4 is 10.1 Å². The number of benzene rings is 1. The van der Waals surface area contributed by atoms with Crippen molar-refractivity contribution in [1.29, 1.82) is 0 Å². The molecule has 1 aromatic carbocycles. The quantitative estimate of drug-likeness (QED) is 0.760. The molecule has 0 spiro atoms. The number of alkyl carbamates (subject to hydrolysis) is 1. The molecule has 0 aliphatic carbocycles. The summed E-state index contributed by atoms with van der Waals surface area (Å²) in [6.07, 6.45) is 0.270. The first-order valence-electron chi connectivity index (χ1n) is 7.07. The number of para-hydroxylation sites is 1. The first kappa shape index (κ1) is 19.2. The summed E-state index contributed by atoms with van der Waals surface area (Å²) >= 11 is 0. The van der Waals surface area contributed by atoms with Crippen molar-refractivity contribution in [3.8, 4) is 5.75 Å². The SMILES string of the molecule is CC(C)(C)OC(=O)NC(COc1ccccc1)COS(C)(=O)=O. The normalized spacial score (nSPS) is 13.2. The molecule has 1 atom stereocenters. The van der Waals surface area contributed by atoms with Crippen molar-refractivity contribution in [2.24, 2.45) is 0 Å². The maximum atomic E-state index is 11.8. The highest BCUT2D eigenvalue weighted by Gasteiger charge is 2.21. The molecule has 8 heteroatoms.